The molecule has 1 amide bonds. The molecule has 1 aliphatic rings. The molecule has 1 unspecified atom stereocenters. The lowest BCUT2D eigenvalue weighted by atomic mass is 10.1. The van der Waals surface area contributed by atoms with E-state index in [1.165, 1.54) is 12.1 Å². The molecular weight excluding hydrogens is 295 g/mol. The largest absolute Gasteiger partial charge is 0.340 e. The number of carbonyl (C=O) groups excluding carboxylic acids is 1. The van der Waals surface area contributed by atoms with Gasteiger partial charge in [0.1, 0.15) is 5.82 Å². The Morgan fingerprint density at radius 3 is 2.48 bits per heavy atom. The molecule has 7 heteroatoms. The number of amides is 1. The van der Waals surface area contributed by atoms with Crippen LogP contribution in [0.1, 0.15) is 20.3 Å². The van der Waals surface area contributed by atoms with Crippen molar-refractivity contribution < 1.29 is 17.6 Å². The number of hydrogen-bond acceptors (Lipinski definition) is 3. The van der Waals surface area contributed by atoms with Gasteiger partial charge in [-0.3, -0.25) is 4.79 Å². The van der Waals surface area contributed by atoms with Gasteiger partial charge in [-0.1, -0.05) is 0 Å². The molecule has 1 saturated heterocycles. The fourth-order valence-electron chi connectivity index (χ4n) is 2.37. The second-order valence-electron chi connectivity index (χ2n) is 5.52. The first-order chi connectivity index (χ1) is 9.79. The van der Waals surface area contributed by atoms with Gasteiger partial charge >= 0.3 is 0 Å². The summed E-state index contributed by atoms with van der Waals surface area (Å²) in [5.74, 6) is -0.464. The maximum atomic E-state index is 12.8. The van der Waals surface area contributed by atoms with E-state index in [4.69, 9.17) is 0 Å². The van der Waals surface area contributed by atoms with Crippen molar-refractivity contribution >= 4 is 15.9 Å². The number of likely N-dealkylation sites (tertiary alicyclic amines) is 1. The van der Waals surface area contributed by atoms with Crippen LogP contribution >= 0.6 is 0 Å². The quantitative estimate of drug-likeness (QED) is 0.892. The van der Waals surface area contributed by atoms with Crippen LogP contribution in [0, 0.1) is 11.7 Å². The molecule has 2 rings (SSSR count). The fraction of sp³-hybridized carbons (Fsp3) is 0.500. The van der Waals surface area contributed by atoms with E-state index in [1.54, 1.807) is 4.90 Å². The standard InChI is InChI=1S/C14H19FN2O3S/c1-10(2)17-9-11(7-14(17)18)8-16-21(19,20)13-5-3-12(15)4-6-13/h3-6,10-11,16H,7-9H2,1-2H3. The number of rotatable bonds is 5. The molecule has 0 saturated carbocycles. The molecule has 116 valence electrons. The molecule has 1 heterocycles. The summed E-state index contributed by atoms with van der Waals surface area (Å²) in [5.41, 5.74) is 0. The summed E-state index contributed by atoms with van der Waals surface area (Å²) < 4.78 is 39.4. The highest BCUT2D eigenvalue weighted by Gasteiger charge is 2.31. The van der Waals surface area contributed by atoms with E-state index < -0.39 is 15.8 Å². The molecule has 1 aliphatic heterocycles. The van der Waals surface area contributed by atoms with Crippen molar-refractivity contribution in [2.45, 2.75) is 31.2 Å². The SMILES string of the molecule is CC(C)N1CC(CNS(=O)(=O)c2ccc(F)cc2)CC1=O. The molecule has 5 nitrogen and oxygen atoms in total. The highest BCUT2D eigenvalue weighted by atomic mass is 32.2. The monoisotopic (exact) mass is 314 g/mol. The van der Waals surface area contributed by atoms with Crippen LogP contribution in [0.5, 0.6) is 0 Å². The molecule has 1 fully saturated rings. The zero-order chi connectivity index (χ0) is 15.6. The van der Waals surface area contributed by atoms with E-state index in [2.05, 4.69) is 4.72 Å². The van der Waals surface area contributed by atoms with Crippen molar-refractivity contribution in [2.24, 2.45) is 5.92 Å². The van der Waals surface area contributed by atoms with Crippen LogP contribution in [0.2, 0.25) is 0 Å². The van der Waals surface area contributed by atoms with Gasteiger partial charge in [0, 0.05) is 25.6 Å². The van der Waals surface area contributed by atoms with Crippen LogP contribution in [0.15, 0.2) is 29.2 Å². The molecule has 1 atom stereocenters. The lowest BCUT2D eigenvalue weighted by Crippen LogP contribution is -2.34. The Balaban J connectivity index is 1.97. The summed E-state index contributed by atoms with van der Waals surface area (Å²) in [5, 5.41) is 0. The summed E-state index contributed by atoms with van der Waals surface area (Å²) in [7, 11) is -3.67. The highest BCUT2D eigenvalue weighted by Crippen LogP contribution is 2.20. The smallest absolute Gasteiger partial charge is 0.240 e. The van der Waals surface area contributed by atoms with Gasteiger partial charge in [0.15, 0.2) is 0 Å². The fourth-order valence-corrected chi connectivity index (χ4v) is 3.49. The zero-order valence-corrected chi connectivity index (χ0v) is 12.9. The van der Waals surface area contributed by atoms with Crippen molar-refractivity contribution in [1.29, 1.82) is 0 Å². The van der Waals surface area contributed by atoms with Gasteiger partial charge in [-0.25, -0.2) is 17.5 Å². The number of benzene rings is 1. The van der Waals surface area contributed by atoms with Crippen molar-refractivity contribution in [3.8, 4) is 0 Å². The van der Waals surface area contributed by atoms with E-state index in [1.807, 2.05) is 13.8 Å². The highest BCUT2D eigenvalue weighted by molar-refractivity contribution is 7.89. The average Bonchev–Trinajstić information content (AvgIpc) is 2.79. The van der Waals surface area contributed by atoms with Crippen LogP contribution in [0.4, 0.5) is 4.39 Å². The Hall–Kier alpha value is -1.47. The van der Waals surface area contributed by atoms with Crippen LogP contribution in [-0.2, 0) is 14.8 Å². The number of hydrogen-bond donors (Lipinski definition) is 1. The average molecular weight is 314 g/mol. The minimum Gasteiger partial charge on any atom is -0.340 e. The predicted molar refractivity (Wildman–Crippen MR) is 76.5 cm³/mol. The van der Waals surface area contributed by atoms with Gasteiger partial charge in [0.05, 0.1) is 4.90 Å². The Kier molecular flexibility index (Phi) is 4.63. The summed E-state index contributed by atoms with van der Waals surface area (Å²) in [6.45, 7) is 4.63. The number of nitrogens with zero attached hydrogens (tertiary/aromatic N) is 1. The molecule has 1 N–H and O–H groups in total. The first-order valence-corrected chi connectivity index (χ1v) is 8.32. The van der Waals surface area contributed by atoms with Crippen LogP contribution in [-0.4, -0.2) is 38.4 Å². The van der Waals surface area contributed by atoms with Crippen LogP contribution < -0.4 is 4.72 Å². The number of sulfonamides is 1. The summed E-state index contributed by atoms with van der Waals surface area (Å²) in [6, 6.07) is 4.77. The Bertz CT molecular complexity index is 614. The second-order valence-corrected chi connectivity index (χ2v) is 7.28. The van der Waals surface area contributed by atoms with E-state index in [9.17, 15) is 17.6 Å². The third kappa shape index (κ3) is 3.79. The maximum Gasteiger partial charge on any atom is 0.240 e. The van der Waals surface area contributed by atoms with E-state index in [-0.39, 0.29) is 29.3 Å². The van der Waals surface area contributed by atoms with Crippen LogP contribution in [0.3, 0.4) is 0 Å². The summed E-state index contributed by atoms with van der Waals surface area (Å²) in [6.07, 6.45) is 0.351. The lowest BCUT2D eigenvalue weighted by molar-refractivity contribution is -0.129. The van der Waals surface area contributed by atoms with Crippen molar-refractivity contribution in [2.75, 3.05) is 13.1 Å². The Labute approximate surface area is 124 Å². The minimum absolute atomic E-state index is 0.0222. The van der Waals surface area contributed by atoms with Crippen molar-refractivity contribution in [3.05, 3.63) is 30.1 Å². The van der Waals surface area contributed by atoms with Gasteiger partial charge in [-0.15, -0.1) is 0 Å². The summed E-state index contributed by atoms with van der Waals surface area (Å²) >= 11 is 0. The third-order valence-corrected chi connectivity index (χ3v) is 4.99. The zero-order valence-electron chi connectivity index (χ0n) is 12.0. The molecule has 0 aromatic heterocycles. The third-order valence-electron chi connectivity index (χ3n) is 3.55. The normalized spacial score (nSPS) is 19.5. The number of carbonyl (C=O) groups is 1. The molecule has 21 heavy (non-hydrogen) atoms. The summed E-state index contributed by atoms with van der Waals surface area (Å²) in [4.78, 5) is 13.5. The molecule has 1 aromatic rings. The molecular formula is C14H19FN2O3S. The van der Waals surface area contributed by atoms with Gasteiger partial charge in [-0.2, -0.15) is 0 Å². The first kappa shape index (κ1) is 15.9. The van der Waals surface area contributed by atoms with Crippen LogP contribution in [0.25, 0.3) is 0 Å². The Morgan fingerprint density at radius 1 is 1.33 bits per heavy atom. The number of nitrogens with one attached hydrogen (secondary N) is 1. The van der Waals surface area contributed by atoms with Gasteiger partial charge < -0.3 is 4.90 Å². The predicted octanol–water partition coefficient (Wildman–Crippen LogP) is 1.36. The molecule has 0 aliphatic carbocycles. The van der Waals surface area contributed by atoms with E-state index >= 15 is 0 Å². The molecule has 1 aromatic carbocycles. The van der Waals surface area contributed by atoms with Gasteiger partial charge in [0.2, 0.25) is 15.9 Å². The van der Waals surface area contributed by atoms with Gasteiger partial charge in [-0.05, 0) is 44.0 Å². The molecule has 0 spiro atoms. The molecule has 0 radical (unpaired) electrons. The van der Waals surface area contributed by atoms with E-state index in [0.717, 1.165) is 12.1 Å². The van der Waals surface area contributed by atoms with Gasteiger partial charge in [0.25, 0.3) is 0 Å². The second kappa shape index (κ2) is 6.11. The maximum absolute atomic E-state index is 12.8. The molecule has 0 bridgehead atoms. The first-order valence-electron chi connectivity index (χ1n) is 6.84. The van der Waals surface area contributed by atoms with Crippen molar-refractivity contribution in [1.82, 2.24) is 9.62 Å². The van der Waals surface area contributed by atoms with Crippen molar-refractivity contribution in [3.63, 3.8) is 0 Å². The lowest BCUT2D eigenvalue weighted by Gasteiger charge is -2.21. The number of halogens is 1. The topological polar surface area (TPSA) is 66.5 Å². The minimum atomic E-state index is -3.67. The van der Waals surface area contributed by atoms with E-state index in [0.29, 0.717) is 13.0 Å². The Morgan fingerprint density at radius 2 is 1.95 bits per heavy atom.